The topological polar surface area (TPSA) is 214 Å². The van der Waals surface area contributed by atoms with Crippen molar-refractivity contribution >= 4 is 29.6 Å². The lowest BCUT2D eigenvalue weighted by atomic mass is 10.0. The average Bonchev–Trinajstić information content (AvgIpc) is 2.80. The number of nitrogens with one attached hydrogen (secondary N) is 3. The molecular weight excluding hydrogens is 470 g/mol. The van der Waals surface area contributed by atoms with Crippen LogP contribution in [0.1, 0.15) is 45.6 Å². The molecule has 5 unspecified atom stereocenters. The molecule has 1 aromatic carbocycles. The first-order chi connectivity index (χ1) is 16.8. The number of primary amides is 1. The minimum Gasteiger partial charge on any atom is -0.480 e. The van der Waals surface area contributed by atoms with Gasteiger partial charge in [-0.25, -0.2) is 4.79 Å². The molecule has 12 heteroatoms. The second-order valence-corrected chi connectivity index (χ2v) is 9.11. The van der Waals surface area contributed by atoms with Crippen LogP contribution in [0.15, 0.2) is 30.3 Å². The molecule has 1 rings (SSSR count). The molecule has 0 heterocycles. The molecule has 200 valence electrons. The van der Waals surface area contributed by atoms with Gasteiger partial charge in [0.1, 0.15) is 24.2 Å². The monoisotopic (exact) mass is 507 g/mol. The number of carbonyl (C=O) groups excluding carboxylic acids is 4. The zero-order valence-electron chi connectivity index (χ0n) is 20.8. The molecule has 0 aliphatic heterocycles. The number of carboxylic acid groups (broad SMARTS) is 1. The molecule has 1 aromatic rings. The van der Waals surface area contributed by atoms with Crippen LogP contribution < -0.4 is 27.4 Å². The summed E-state index contributed by atoms with van der Waals surface area (Å²) in [6.45, 7) is 4.97. The van der Waals surface area contributed by atoms with E-state index >= 15 is 0 Å². The summed E-state index contributed by atoms with van der Waals surface area (Å²) in [6, 6.07) is 3.73. The van der Waals surface area contributed by atoms with Crippen molar-refractivity contribution in [3.05, 3.63) is 35.9 Å². The number of benzene rings is 1. The molecule has 0 spiro atoms. The molecule has 0 aliphatic carbocycles. The van der Waals surface area contributed by atoms with Gasteiger partial charge in [0.2, 0.25) is 23.6 Å². The van der Waals surface area contributed by atoms with Gasteiger partial charge >= 0.3 is 5.97 Å². The number of carboxylic acids is 1. The fraction of sp³-hybridized carbons (Fsp3) is 0.542. The number of aliphatic hydroxyl groups is 1. The number of nitrogens with two attached hydrogens (primary N) is 2. The van der Waals surface area contributed by atoms with Gasteiger partial charge < -0.3 is 37.6 Å². The van der Waals surface area contributed by atoms with Gasteiger partial charge in [0, 0.05) is 12.8 Å². The minimum atomic E-state index is -1.29. The van der Waals surface area contributed by atoms with Gasteiger partial charge in [-0.05, 0) is 31.2 Å². The van der Waals surface area contributed by atoms with E-state index in [2.05, 4.69) is 16.0 Å². The number of aliphatic hydroxyl groups excluding tert-OH is 1. The molecule has 0 saturated carbocycles. The molecule has 12 nitrogen and oxygen atoms in total. The van der Waals surface area contributed by atoms with Crippen LogP contribution >= 0.6 is 0 Å². The van der Waals surface area contributed by atoms with E-state index in [-0.39, 0.29) is 31.6 Å². The molecule has 0 radical (unpaired) electrons. The van der Waals surface area contributed by atoms with Crippen LogP contribution in [0, 0.1) is 5.92 Å². The standard InChI is InChI=1S/C24H37N5O7/c1-13(2)11-17(28-23(34)20(26)14(3)30)22(33)27-16(9-10-19(25)31)21(32)29-18(24(35)36)12-15-7-5-4-6-8-15/h4-8,13-14,16-18,20,30H,9-12,26H2,1-3H3,(H2,25,31)(H,27,33)(H,28,34)(H,29,32)(H,35,36). The van der Waals surface area contributed by atoms with Crippen molar-refractivity contribution in [2.75, 3.05) is 0 Å². The molecule has 0 aliphatic rings. The van der Waals surface area contributed by atoms with E-state index in [1.165, 1.54) is 6.92 Å². The Balaban J connectivity index is 3.04. The van der Waals surface area contributed by atoms with Crippen LogP contribution in [-0.2, 0) is 30.4 Å². The quantitative estimate of drug-likeness (QED) is 0.152. The first-order valence-corrected chi connectivity index (χ1v) is 11.7. The zero-order chi connectivity index (χ0) is 27.4. The fourth-order valence-corrected chi connectivity index (χ4v) is 3.34. The van der Waals surface area contributed by atoms with Crippen molar-refractivity contribution in [2.45, 2.75) is 76.7 Å². The number of carbonyl (C=O) groups is 5. The van der Waals surface area contributed by atoms with Gasteiger partial charge in [-0.1, -0.05) is 44.2 Å². The van der Waals surface area contributed by atoms with Crippen molar-refractivity contribution in [3.8, 4) is 0 Å². The number of hydrogen-bond donors (Lipinski definition) is 7. The summed E-state index contributed by atoms with van der Waals surface area (Å²) in [5.41, 5.74) is 11.5. The normalized spacial score (nSPS) is 15.2. The Morgan fingerprint density at radius 1 is 0.861 bits per heavy atom. The molecule has 0 saturated heterocycles. The van der Waals surface area contributed by atoms with Gasteiger partial charge in [0.25, 0.3) is 0 Å². The largest absolute Gasteiger partial charge is 0.480 e. The molecule has 0 aromatic heterocycles. The third kappa shape index (κ3) is 10.8. The second kappa shape index (κ2) is 14.8. The van der Waals surface area contributed by atoms with Crippen molar-refractivity contribution in [1.82, 2.24) is 16.0 Å². The van der Waals surface area contributed by atoms with E-state index < -0.39 is 59.9 Å². The minimum absolute atomic E-state index is 0.00165. The van der Waals surface area contributed by atoms with Crippen LogP contribution in [0.4, 0.5) is 0 Å². The molecule has 0 fully saturated rings. The highest BCUT2D eigenvalue weighted by Gasteiger charge is 2.31. The number of rotatable bonds is 15. The maximum absolute atomic E-state index is 13.0. The zero-order valence-corrected chi connectivity index (χ0v) is 20.8. The van der Waals surface area contributed by atoms with E-state index in [0.29, 0.717) is 5.56 Å². The summed E-state index contributed by atoms with van der Waals surface area (Å²) in [6.07, 6.45) is -1.38. The molecule has 9 N–H and O–H groups in total. The summed E-state index contributed by atoms with van der Waals surface area (Å²) in [5, 5.41) is 26.5. The Labute approximate surface area is 210 Å². The van der Waals surface area contributed by atoms with Crippen molar-refractivity contribution in [2.24, 2.45) is 17.4 Å². The maximum Gasteiger partial charge on any atom is 0.326 e. The Bertz CT molecular complexity index is 907. The molecule has 36 heavy (non-hydrogen) atoms. The van der Waals surface area contributed by atoms with Crippen LogP contribution in [0.2, 0.25) is 0 Å². The predicted octanol–water partition coefficient (Wildman–Crippen LogP) is -1.21. The van der Waals surface area contributed by atoms with Gasteiger partial charge in [0.15, 0.2) is 0 Å². The Morgan fingerprint density at radius 2 is 1.39 bits per heavy atom. The lowest BCUT2D eigenvalue weighted by Gasteiger charge is -2.26. The lowest BCUT2D eigenvalue weighted by Crippen LogP contribution is -2.58. The van der Waals surface area contributed by atoms with E-state index in [9.17, 15) is 34.2 Å². The third-order valence-corrected chi connectivity index (χ3v) is 5.37. The van der Waals surface area contributed by atoms with Crippen LogP contribution in [-0.4, -0.2) is 70.1 Å². The maximum atomic E-state index is 13.0. The summed E-state index contributed by atoms with van der Waals surface area (Å²) in [4.78, 5) is 61.4. The van der Waals surface area contributed by atoms with E-state index in [0.717, 1.165) is 0 Å². The van der Waals surface area contributed by atoms with Crippen molar-refractivity contribution in [1.29, 1.82) is 0 Å². The highest BCUT2D eigenvalue weighted by Crippen LogP contribution is 2.09. The third-order valence-electron chi connectivity index (χ3n) is 5.37. The smallest absolute Gasteiger partial charge is 0.326 e. The van der Waals surface area contributed by atoms with Crippen LogP contribution in [0.3, 0.4) is 0 Å². The Kier molecular flexibility index (Phi) is 12.5. The molecular formula is C24H37N5O7. The SMILES string of the molecule is CC(C)CC(NC(=O)C(N)C(C)O)C(=O)NC(CCC(N)=O)C(=O)NC(Cc1ccccc1)C(=O)O. The van der Waals surface area contributed by atoms with Gasteiger partial charge in [-0.3, -0.25) is 19.2 Å². The van der Waals surface area contributed by atoms with Gasteiger partial charge in [-0.2, -0.15) is 0 Å². The summed E-state index contributed by atoms with van der Waals surface area (Å²) in [5.74, 6) is -4.32. The summed E-state index contributed by atoms with van der Waals surface area (Å²) < 4.78 is 0. The fourth-order valence-electron chi connectivity index (χ4n) is 3.34. The molecule has 0 bridgehead atoms. The predicted molar refractivity (Wildman–Crippen MR) is 131 cm³/mol. The number of amides is 4. The van der Waals surface area contributed by atoms with Gasteiger partial charge in [0.05, 0.1) is 6.10 Å². The Morgan fingerprint density at radius 3 is 1.89 bits per heavy atom. The molecule has 5 atom stereocenters. The average molecular weight is 508 g/mol. The molecule has 4 amide bonds. The Hall–Kier alpha value is -3.51. The van der Waals surface area contributed by atoms with E-state index in [1.807, 2.05) is 13.8 Å². The summed E-state index contributed by atoms with van der Waals surface area (Å²) >= 11 is 0. The van der Waals surface area contributed by atoms with E-state index in [1.54, 1.807) is 30.3 Å². The first-order valence-electron chi connectivity index (χ1n) is 11.7. The van der Waals surface area contributed by atoms with E-state index in [4.69, 9.17) is 11.5 Å². The second-order valence-electron chi connectivity index (χ2n) is 9.11. The number of aliphatic carboxylic acids is 1. The highest BCUT2D eigenvalue weighted by atomic mass is 16.4. The highest BCUT2D eigenvalue weighted by molar-refractivity contribution is 5.94. The van der Waals surface area contributed by atoms with Crippen LogP contribution in [0.5, 0.6) is 0 Å². The number of hydrogen-bond acceptors (Lipinski definition) is 7. The summed E-state index contributed by atoms with van der Waals surface area (Å²) in [7, 11) is 0. The van der Waals surface area contributed by atoms with Crippen molar-refractivity contribution < 1.29 is 34.2 Å². The first kappa shape index (κ1) is 30.5. The van der Waals surface area contributed by atoms with Crippen LogP contribution in [0.25, 0.3) is 0 Å². The van der Waals surface area contributed by atoms with Crippen molar-refractivity contribution in [3.63, 3.8) is 0 Å². The lowest BCUT2D eigenvalue weighted by molar-refractivity contribution is -0.142. The van der Waals surface area contributed by atoms with Gasteiger partial charge in [-0.15, -0.1) is 0 Å².